The standard InChI is InChI=1S/C14H19Br2NO/c1-10-6-11(8-12(16)7-10)13(18)17-9-14(2,3)4-5-15/h6-8H,4-5,9H2,1-3H3,(H,17,18). The number of nitrogens with one attached hydrogen (secondary N) is 1. The number of hydrogen-bond acceptors (Lipinski definition) is 1. The van der Waals surface area contributed by atoms with Crippen molar-refractivity contribution in [2.24, 2.45) is 5.41 Å². The Bertz CT molecular complexity index is 410. The third-order valence-corrected chi connectivity index (χ3v) is 3.66. The lowest BCUT2D eigenvalue weighted by molar-refractivity contribution is 0.0936. The molecule has 0 aliphatic heterocycles. The molecule has 0 aromatic heterocycles. The molecule has 1 N–H and O–H groups in total. The van der Waals surface area contributed by atoms with Crippen molar-refractivity contribution in [2.75, 3.05) is 11.9 Å². The first kappa shape index (κ1) is 15.7. The van der Waals surface area contributed by atoms with Gasteiger partial charge in [-0.05, 0) is 42.5 Å². The Hall–Kier alpha value is -0.350. The molecule has 0 saturated carbocycles. The number of aryl methyl sites for hydroxylation is 1. The molecule has 2 nitrogen and oxygen atoms in total. The summed E-state index contributed by atoms with van der Waals surface area (Å²) in [6, 6.07) is 5.74. The van der Waals surface area contributed by atoms with E-state index >= 15 is 0 Å². The Morgan fingerprint density at radius 3 is 2.56 bits per heavy atom. The van der Waals surface area contributed by atoms with Crippen molar-refractivity contribution < 1.29 is 4.79 Å². The lowest BCUT2D eigenvalue weighted by atomic mass is 9.90. The second-order valence-electron chi connectivity index (χ2n) is 5.30. The summed E-state index contributed by atoms with van der Waals surface area (Å²) in [4.78, 5) is 12.1. The Morgan fingerprint density at radius 2 is 2.00 bits per heavy atom. The average molecular weight is 377 g/mol. The minimum atomic E-state index is -0.0120. The van der Waals surface area contributed by atoms with E-state index in [0.29, 0.717) is 12.1 Å². The highest BCUT2D eigenvalue weighted by atomic mass is 79.9. The van der Waals surface area contributed by atoms with Crippen LogP contribution in [0.1, 0.15) is 36.2 Å². The molecule has 4 heteroatoms. The molecule has 0 aliphatic carbocycles. The van der Waals surface area contributed by atoms with Crippen LogP contribution in [0, 0.1) is 12.3 Å². The highest BCUT2D eigenvalue weighted by Gasteiger charge is 2.18. The van der Waals surface area contributed by atoms with Gasteiger partial charge in [0.1, 0.15) is 0 Å². The number of hydrogen-bond donors (Lipinski definition) is 1. The fourth-order valence-corrected chi connectivity index (χ4v) is 3.31. The molecule has 1 aromatic carbocycles. The minimum Gasteiger partial charge on any atom is -0.352 e. The largest absolute Gasteiger partial charge is 0.352 e. The summed E-state index contributed by atoms with van der Waals surface area (Å²) in [5.41, 5.74) is 1.89. The van der Waals surface area contributed by atoms with Gasteiger partial charge in [-0.15, -0.1) is 0 Å². The van der Waals surface area contributed by atoms with Crippen LogP contribution in [0.2, 0.25) is 0 Å². The Morgan fingerprint density at radius 1 is 1.33 bits per heavy atom. The molecule has 18 heavy (non-hydrogen) atoms. The summed E-state index contributed by atoms with van der Waals surface area (Å²) in [5.74, 6) is -0.0120. The Labute approximate surface area is 126 Å². The molecule has 1 rings (SSSR count). The third kappa shape index (κ3) is 5.11. The quantitative estimate of drug-likeness (QED) is 0.762. The third-order valence-electron chi connectivity index (χ3n) is 2.80. The number of amides is 1. The van der Waals surface area contributed by atoms with Crippen molar-refractivity contribution in [3.05, 3.63) is 33.8 Å². The molecule has 0 bridgehead atoms. The van der Waals surface area contributed by atoms with Gasteiger partial charge in [-0.1, -0.05) is 45.7 Å². The summed E-state index contributed by atoms with van der Waals surface area (Å²) in [5, 5.41) is 3.95. The van der Waals surface area contributed by atoms with Crippen LogP contribution >= 0.6 is 31.9 Å². The van der Waals surface area contributed by atoms with Gasteiger partial charge < -0.3 is 5.32 Å². The van der Waals surface area contributed by atoms with E-state index in [1.54, 1.807) is 0 Å². The van der Waals surface area contributed by atoms with E-state index < -0.39 is 0 Å². The maximum atomic E-state index is 12.1. The maximum Gasteiger partial charge on any atom is 0.251 e. The lowest BCUT2D eigenvalue weighted by Crippen LogP contribution is -2.34. The fourth-order valence-electron chi connectivity index (χ4n) is 1.63. The van der Waals surface area contributed by atoms with Crippen molar-refractivity contribution in [3.8, 4) is 0 Å². The number of benzene rings is 1. The second kappa shape index (κ2) is 6.71. The fraction of sp³-hybridized carbons (Fsp3) is 0.500. The van der Waals surface area contributed by atoms with Gasteiger partial charge in [-0.3, -0.25) is 4.79 Å². The van der Waals surface area contributed by atoms with Crippen LogP contribution in [0.15, 0.2) is 22.7 Å². The number of rotatable bonds is 5. The average Bonchev–Trinajstić information content (AvgIpc) is 2.24. The maximum absolute atomic E-state index is 12.1. The van der Waals surface area contributed by atoms with Crippen LogP contribution < -0.4 is 5.32 Å². The second-order valence-corrected chi connectivity index (χ2v) is 7.01. The summed E-state index contributed by atoms with van der Waals surface area (Å²) in [7, 11) is 0. The summed E-state index contributed by atoms with van der Waals surface area (Å²) in [6.07, 6.45) is 1.03. The first-order valence-corrected chi connectivity index (χ1v) is 7.87. The van der Waals surface area contributed by atoms with Gasteiger partial charge >= 0.3 is 0 Å². The molecule has 0 heterocycles. The number of carbonyl (C=O) groups is 1. The summed E-state index contributed by atoms with van der Waals surface area (Å²) >= 11 is 6.85. The molecule has 1 amide bonds. The highest BCUT2D eigenvalue weighted by Crippen LogP contribution is 2.20. The lowest BCUT2D eigenvalue weighted by Gasteiger charge is -2.23. The minimum absolute atomic E-state index is 0.0120. The van der Waals surface area contributed by atoms with E-state index in [1.165, 1.54) is 0 Å². The normalized spacial score (nSPS) is 11.4. The molecule has 0 spiro atoms. The van der Waals surface area contributed by atoms with E-state index in [0.717, 1.165) is 21.8 Å². The molecule has 0 aliphatic rings. The first-order chi connectivity index (χ1) is 8.34. The SMILES string of the molecule is Cc1cc(Br)cc(C(=O)NCC(C)(C)CCBr)c1. The van der Waals surface area contributed by atoms with Gasteiger partial charge in [-0.2, -0.15) is 0 Å². The number of carbonyl (C=O) groups excluding carboxylic acids is 1. The Kier molecular flexibility index (Phi) is 5.86. The van der Waals surface area contributed by atoms with Gasteiger partial charge in [0.2, 0.25) is 0 Å². The van der Waals surface area contributed by atoms with Crippen LogP contribution in [-0.2, 0) is 0 Å². The van der Waals surface area contributed by atoms with Crippen molar-refractivity contribution >= 4 is 37.8 Å². The molecule has 0 radical (unpaired) electrons. The van der Waals surface area contributed by atoms with E-state index in [2.05, 4.69) is 51.0 Å². The zero-order valence-corrected chi connectivity index (χ0v) is 14.2. The van der Waals surface area contributed by atoms with Crippen LogP contribution in [0.4, 0.5) is 0 Å². The molecule has 0 unspecified atom stereocenters. The van der Waals surface area contributed by atoms with E-state index in [4.69, 9.17) is 0 Å². The first-order valence-electron chi connectivity index (χ1n) is 5.95. The predicted molar refractivity (Wildman–Crippen MR) is 83.4 cm³/mol. The van der Waals surface area contributed by atoms with Crippen LogP contribution in [0.25, 0.3) is 0 Å². The molecular weight excluding hydrogens is 358 g/mol. The van der Waals surface area contributed by atoms with Crippen molar-refractivity contribution in [3.63, 3.8) is 0 Å². The van der Waals surface area contributed by atoms with Crippen LogP contribution in [-0.4, -0.2) is 17.8 Å². The summed E-state index contributed by atoms with van der Waals surface area (Å²) in [6.45, 7) is 6.97. The summed E-state index contributed by atoms with van der Waals surface area (Å²) < 4.78 is 0.937. The monoisotopic (exact) mass is 375 g/mol. The van der Waals surface area contributed by atoms with Gasteiger partial charge in [0.25, 0.3) is 5.91 Å². The zero-order valence-electron chi connectivity index (χ0n) is 11.0. The number of halogens is 2. The van der Waals surface area contributed by atoms with Crippen LogP contribution in [0.5, 0.6) is 0 Å². The molecule has 0 saturated heterocycles. The van der Waals surface area contributed by atoms with Crippen molar-refractivity contribution in [1.29, 1.82) is 0 Å². The van der Waals surface area contributed by atoms with E-state index in [1.807, 2.05) is 25.1 Å². The highest BCUT2D eigenvalue weighted by molar-refractivity contribution is 9.10. The molecule has 0 atom stereocenters. The zero-order chi connectivity index (χ0) is 13.8. The molecule has 100 valence electrons. The van der Waals surface area contributed by atoms with Gasteiger partial charge in [0, 0.05) is 21.9 Å². The topological polar surface area (TPSA) is 29.1 Å². The Balaban J connectivity index is 2.66. The van der Waals surface area contributed by atoms with E-state index in [-0.39, 0.29) is 11.3 Å². The van der Waals surface area contributed by atoms with Crippen LogP contribution in [0.3, 0.4) is 0 Å². The predicted octanol–water partition coefficient (Wildman–Crippen LogP) is 4.30. The van der Waals surface area contributed by atoms with Gasteiger partial charge in [0.05, 0.1) is 0 Å². The van der Waals surface area contributed by atoms with E-state index in [9.17, 15) is 4.79 Å². The van der Waals surface area contributed by atoms with Gasteiger partial charge in [-0.25, -0.2) is 0 Å². The molecular formula is C14H19Br2NO. The smallest absolute Gasteiger partial charge is 0.251 e. The molecule has 1 aromatic rings. The molecule has 0 fully saturated rings. The van der Waals surface area contributed by atoms with Gasteiger partial charge in [0.15, 0.2) is 0 Å². The number of alkyl halides is 1. The van der Waals surface area contributed by atoms with Crippen molar-refractivity contribution in [2.45, 2.75) is 27.2 Å². The van der Waals surface area contributed by atoms with Crippen molar-refractivity contribution in [1.82, 2.24) is 5.32 Å².